The molecule has 4 aromatic rings. The predicted octanol–water partition coefficient (Wildman–Crippen LogP) is 6.77. The summed E-state index contributed by atoms with van der Waals surface area (Å²) in [4.78, 5) is 71.9. The van der Waals surface area contributed by atoms with E-state index >= 15 is 0 Å². The molecule has 0 saturated carbocycles. The molecule has 0 radical (unpaired) electrons. The van der Waals surface area contributed by atoms with Crippen molar-refractivity contribution in [3.63, 3.8) is 0 Å². The molecule has 1 spiro atoms. The van der Waals surface area contributed by atoms with Crippen LogP contribution in [-0.4, -0.2) is 105 Å². The van der Waals surface area contributed by atoms with Gasteiger partial charge in [0.05, 0.1) is 62.2 Å². The minimum absolute atomic E-state index is 0.109. The van der Waals surface area contributed by atoms with Crippen molar-refractivity contribution in [3.8, 4) is 33.6 Å². The van der Waals surface area contributed by atoms with Crippen LogP contribution in [0.15, 0.2) is 60.9 Å². The fraction of sp³-hybridized carbons (Fsp3) is 0.500. The third-order valence-electron chi connectivity index (χ3n) is 12.0. The van der Waals surface area contributed by atoms with E-state index in [9.17, 15) is 19.2 Å². The van der Waals surface area contributed by atoms with Crippen LogP contribution in [0.4, 0.5) is 9.59 Å². The van der Waals surface area contributed by atoms with Crippen molar-refractivity contribution in [3.05, 3.63) is 72.6 Å². The first-order chi connectivity index (χ1) is 28.4. The second kappa shape index (κ2) is 17.7. The third-order valence-corrected chi connectivity index (χ3v) is 12.0. The van der Waals surface area contributed by atoms with Crippen LogP contribution in [0.5, 0.6) is 0 Å². The number of ether oxygens (including phenoxy) is 3. The standard InChI is InChI=1S/C44H56N8O7/c1-26(2)36(49-42(55)57-5)40(53)51-20-9-10-34(51)38-45-23-32(47-38)30-15-11-28(12-16-30)29-13-17-31(18-14-29)33-24-46-39(48-33)35-22-44(19-7-8-21-59-44)25-52(35)41(54)37(27(3)4)50-43(56)58-6/h11-18,23-24,26-27,34-37H,7-10,19-22,25H2,1-6H3,(H,45,47)(H,46,48)(H,49,55)(H,50,56)/t34-,35-,36-,37-,44-/m0/s1. The Kier molecular flexibility index (Phi) is 12.4. The van der Waals surface area contributed by atoms with Crippen LogP contribution < -0.4 is 10.6 Å². The van der Waals surface area contributed by atoms with Crippen molar-refractivity contribution < 1.29 is 33.4 Å². The van der Waals surface area contributed by atoms with E-state index < -0.39 is 29.9 Å². The van der Waals surface area contributed by atoms with E-state index in [1.807, 2.05) is 38.8 Å². The molecule has 0 bridgehead atoms. The van der Waals surface area contributed by atoms with Gasteiger partial charge >= 0.3 is 12.2 Å². The van der Waals surface area contributed by atoms with Crippen molar-refractivity contribution in [2.45, 2.75) is 96.0 Å². The van der Waals surface area contributed by atoms with Gasteiger partial charge in [0, 0.05) is 19.6 Å². The number of hydrogen-bond donors (Lipinski definition) is 4. The first kappa shape index (κ1) is 41.5. The number of likely N-dealkylation sites (tertiary alicyclic amines) is 2. The lowest BCUT2D eigenvalue weighted by atomic mass is 9.91. The second-order valence-corrected chi connectivity index (χ2v) is 16.6. The van der Waals surface area contributed by atoms with E-state index in [1.165, 1.54) is 14.2 Å². The SMILES string of the molecule is COC(=O)N[C@H](C(=O)N1CCC[C@H]1c1ncc(-c2ccc(-c3ccc(-c4cnc([C@@H]5C[C@@]6(CCCCO6)CN5C(=O)[C@@H](NC(=O)OC)C(C)C)[nH]4)cc3)cc2)[nH]1)C(C)C. The van der Waals surface area contributed by atoms with Crippen LogP contribution in [0.1, 0.15) is 90.0 Å². The molecule has 5 heterocycles. The zero-order chi connectivity index (χ0) is 41.8. The molecule has 0 unspecified atom stereocenters. The van der Waals surface area contributed by atoms with Crippen LogP contribution in [0.2, 0.25) is 0 Å². The number of carbonyl (C=O) groups excluding carboxylic acids is 4. The van der Waals surface area contributed by atoms with E-state index in [4.69, 9.17) is 19.2 Å². The molecule has 3 fully saturated rings. The van der Waals surface area contributed by atoms with E-state index in [2.05, 4.69) is 74.1 Å². The van der Waals surface area contributed by atoms with Gasteiger partial charge in [0.2, 0.25) is 11.8 Å². The zero-order valence-corrected chi connectivity index (χ0v) is 34.7. The lowest BCUT2D eigenvalue weighted by Crippen LogP contribution is -2.52. The lowest BCUT2D eigenvalue weighted by molar-refractivity contribution is -0.137. The number of alkyl carbamates (subject to hydrolysis) is 2. The summed E-state index contributed by atoms with van der Waals surface area (Å²) in [6.07, 6.45) is 7.48. The molecule has 59 heavy (non-hydrogen) atoms. The van der Waals surface area contributed by atoms with E-state index in [1.54, 1.807) is 11.1 Å². The number of aromatic amines is 2. The van der Waals surface area contributed by atoms with Gasteiger partial charge in [-0.25, -0.2) is 19.6 Å². The van der Waals surface area contributed by atoms with Crippen LogP contribution >= 0.6 is 0 Å². The lowest BCUT2D eigenvalue weighted by Gasteiger charge is -2.34. The molecule has 0 aliphatic carbocycles. The molecule has 2 aromatic carbocycles. The van der Waals surface area contributed by atoms with Gasteiger partial charge in [-0.2, -0.15) is 0 Å². The Bertz CT molecular complexity index is 2100. The van der Waals surface area contributed by atoms with Gasteiger partial charge in [0.25, 0.3) is 0 Å². The molecule has 3 aliphatic heterocycles. The van der Waals surface area contributed by atoms with E-state index in [-0.39, 0.29) is 35.7 Å². The summed E-state index contributed by atoms with van der Waals surface area (Å²) in [7, 11) is 2.58. The smallest absolute Gasteiger partial charge is 0.407 e. The maximum absolute atomic E-state index is 14.1. The van der Waals surface area contributed by atoms with Crippen LogP contribution in [-0.2, 0) is 23.8 Å². The highest BCUT2D eigenvalue weighted by Gasteiger charge is 2.50. The minimum Gasteiger partial charge on any atom is -0.453 e. The second-order valence-electron chi connectivity index (χ2n) is 16.6. The highest BCUT2D eigenvalue weighted by atomic mass is 16.5. The van der Waals surface area contributed by atoms with Crippen LogP contribution in [0.25, 0.3) is 33.6 Å². The molecule has 15 heteroatoms. The summed E-state index contributed by atoms with van der Waals surface area (Å²) in [5.41, 5.74) is 5.27. The highest BCUT2D eigenvalue weighted by molar-refractivity contribution is 5.87. The number of imidazole rings is 2. The quantitative estimate of drug-likeness (QED) is 0.127. The Balaban J connectivity index is 1.04. The molecule has 4 amide bonds. The number of hydrogen-bond acceptors (Lipinski definition) is 9. The molecule has 2 aromatic heterocycles. The first-order valence-corrected chi connectivity index (χ1v) is 20.6. The molecule has 7 rings (SSSR count). The number of nitrogens with zero attached hydrogens (tertiary/aromatic N) is 4. The van der Waals surface area contributed by atoms with Gasteiger partial charge in [0.15, 0.2) is 0 Å². The van der Waals surface area contributed by atoms with Crippen LogP contribution in [0, 0.1) is 11.8 Å². The molecule has 314 valence electrons. The maximum Gasteiger partial charge on any atom is 0.407 e. The third kappa shape index (κ3) is 8.85. The fourth-order valence-electron chi connectivity index (χ4n) is 8.68. The molecule has 3 aliphatic rings. The minimum atomic E-state index is -0.751. The normalized spacial score (nSPS) is 21.5. The van der Waals surface area contributed by atoms with Gasteiger partial charge in [-0.15, -0.1) is 0 Å². The molecular formula is C44H56N8O7. The Labute approximate surface area is 345 Å². The topological polar surface area (TPSA) is 184 Å². The van der Waals surface area contributed by atoms with Gasteiger partial charge < -0.3 is 44.6 Å². The van der Waals surface area contributed by atoms with Gasteiger partial charge in [-0.1, -0.05) is 76.2 Å². The van der Waals surface area contributed by atoms with Crippen molar-refractivity contribution in [2.75, 3.05) is 33.9 Å². The summed E-state index contributed by atoms with van der Waals surface area (Å²) in [6, 6.07) is 14.5. The largest absolute Gasteiger partial charge is 0.453 e. The number of H-pyrrole nitrogens is 2. The maximum atomic E-state index is 14.1. The summed E-state index contributed by atoms with van der Waals surface area (Å²) in [6.45, 7) is 9.30. The van der Waals surface area contributed by atoms with Gasteiger partial charge in [-0.05, 0) is 66.2 Å². The average molecular weight is 809 g/mol. The van der Waals surface area contributed by atoms with Crippen LogP contribution in [0.3, 0.4) is 0 Å². The average Bonchev–Trinajstić information content (AvgIpc) is 4.08. The van der Waals surface area contributed by atoms with E-state index in [0.717, 1.165) is 71.6 Å². The summed E-state index contributed by atoms with van der Waals surface area (Å²) >= 11 is 0. The number of methoxy groups -OCH3 is 2. The molecule has 3 saturated heterocycles. The number of amides is 4. The zero-order valence-electron chi connectivity index (χ0n) is 34.7. The molecule has 15 nitrogen and oxygen atoms in total. The van der Waals surface area contributed by atoms with Gasteiger partial charge in [0.1, 0.15) is 23.7 Å². The highest BCUT2D eigenvalue weighted by Crippen LogP contribution is 2.44. The van der Waals surface area contributed by atoms with Gasteiger partial charge in [-0.3, -0.25) is 9.59 Å². The van der Waals surface area contributed by atoms with Crippen molar-refractivity contribution in [2.24, 2.45) is 11.8 Å². The summed E-state index contributed by atoms with van der Waals surface area (Å²) < 4.78 is 16.0. The Morgan fingerprint density at radius 1 is 0.712 bits per heavy atom. The fourth-order valence-corrected chi connectivity index (χ4v) is 8.68. The number of nitrogens with one attached hydrogen (secondary N) is 4. The van der Waals surface area contributed by atoms with Crippen molar-refractivity contribution in [1.29, 1.82) is 0 Å². The predicted molar refractivity (Wildman–Crippen MR) is 221 cm³/mol. The van der Waals surface area contributed by atoms with Crippen molar-refractivity contribution in [1.82, 2.24) is 40.4 Å². The first-order valence-electron chi connectivity index (χ1n) is 20.6. The Morgan fingerprint density at radius 2 is 1.20 bits per heavy atom. The van der Waals surface area contributed by atoms with Crippen molar-refractivity contribution >= 4 is 24.0 Å². The number of carbonyl (C=O) groups is 4. The summed E-state index contributed by atoms with van der Waals surface area (Å²) in [5.74, 6) is 0.821. The van der Waals surface area contributed by atoms with E-state index in [0.29, 0.717) is 31.9 Å². The Morgan fingerprint density at radius 3 is 1.68 bits per heavy atom. The number of rotatable bonds is 11. The summed E-state index contributed by atoms with van der Waals surface area (Å²) in [5, 5.41) is 5.44. The number of aromatic nitrogens is 4. The monoisotopic (exact) mass is 808 g/mol. The molecular weight excluding hydrogens is 753 g/mol. The number of benzene rings is 2. The molecule has 4 N–H and O–H groups in total. The molecule has 5 atom stereocenters. The Hall–Kier alpha value is -5.70.